The molecule has 1 aliphatic carbocycles. The summed E-state index contributed by atoms with van der Waals surface area (Å²) in [5.74, 6) is 0.0934. The van der Waals surface area contributed by atoms with Gasteiger partial charge in [0.05, 0.1) is 0 Å². The zero-order chi connectivity index (χ0) is 16.1. The average molecular weight is 329 g/mol. The molecule has 0 aliphatic heterocycles. The minimum absolute atomic E-state index is 0.0885. The summed E-state index contributed by atoms with van der Waals surface area (Å²) in [5.41, 5.74) is 2.32. The molecule has 0 radical (unpaired) electrons. The molecule has 1 N–H and O–H groups in total. The fraction of sp³-hybridized carbons (Fsp3) is 0.368. The Hall–Kier alpha value is -1.87. The topological polar surface area (TPSA) is 42.0 Å². The summed E-state index contributed by atoms with van der Waals surface area (Å²) in [4.78, 5) is 16.4. The molecule has 3 rings (SSSR count). The first kappa shape index (κ1) is 16.0. The molecular weight excluding hydrogens is 308 g/mol. The largest absolute Gasteiger partial charge is 0.355 e. The van der Waals surface area contributed by atoms with E-state index in [-0.39, 0.29) is 11.3 Å². The lowest BCUT2D eigenvalue weighted by Crippen LogP contribution is -2.45. The minimum Gasteiger partial charge on any atom is -0.355 e. The highest BCUT2D eigenvalue weighted by Gasteiger charge is 2.38. The van der Waals surface area contributed by atoms with Crippen molar-refractivity contribution in [2.45, 2.75) is 37.5 Å². The maximum Gasteiger partial charge on any atom is 0.220 e. The quantitative estimate of drug-likeness (QED) is 0.873. The van der Waals surface area contributed by atoms with Gasteiger partial charge in [-0.15, -0.1) is 0 Å². The zero-order valence-corrected chi connectivity index (χ0v) is 13.9. The molecule has 0 saturated heterocycles. The Labute approximate surface area is 142 Å². The smallest absolute Gasteiger partial charge is 0.220 e. The highest BCUT2D eigenvalue weighted by atomic mass is 35.5. The van der Waals surface area contributed by atoms with Crippen LogP contribution in [0.25, 0.3) is 0 Å². The molecular formula is C19H21ClN2O. The van der Waals surface area contributed by atoms with Gasteiger partial charge in [-0.2, -0.15) is 0 Å². The van der Waals surface area contributed by atoms with E-state index in [1.54, 1.807) is 6.20 Å². The summed E-state index contributed by atoms with van der Waals surface area (Å²) in [6.45, 7) is 0.704. The second kappa shape index (κ2) is 7.14. The standard InChI is InChI=1S/C19H21ClN2O/c20-16-7-5-15(6-8-16)19(11-3-12-19)14-22-18(23)10-9-17-4-1-2-13-21-17/h1-2,4-8,13H,3,9-12,14H2,(H,22,23). The zero-order valence-electron chi connectivity index (χ0n) is 13.1. The SMILES string of the molecule is O=C(CCc1ccccn1)NCC1(c2ccc(Cl)cc2)CCC1. The lowest BCUT2D eigenvalue weighted by Gasteiger charge is -2.42. The first-order valence-electron chi connectivity index (χ1n) is 8.11. The number of aromatic nitrogens is 1. The summed E-state index contributed by atoms with van der Waals surface area (Å²) in [7, 11) is 0. The Kier molecular flexibility index (Phi) is 4.97. The summed E-state index contributed by atoms with van der Waals surface area (Å²) in [5, 5.41) is 3.86. The van der Waals surface area contributed by atoms with Crippen molar-refractivity contribution in [3.05, 3.63) is 64.9 Å². The molecule has 1 aromatic carbocycles. The lowest BCUT2D eigenvalue weighted by atomic mass is 9.64. The maximum atomic E-state index is 12.1. The van der Waals surface area contributed by atoms with Crippen LogP contribution in [0.4, 0.5) is 0 Å². The molecule has 1 fully saturated rings. The third-order valence-corrected chi connectivity index (χ3v) is 4.98. The molecule has 0 atom stereocenters. The van der Waals surface area contributed by atoms with Gasteiger partial charge >= 0.3 is 0 Å². The first-order valence-corrected chi connectivity index (χ1v) is 8.48. The summed E-state index contributed by atoms with van der Waals surface area (Å²) < 4.78 is 0. The highest BCUT2D eigenvalue weighted by molar-refractivity contribution is 6.30. The Morgan fingerprint density at radius 1 is 1.17 bits per heavy atom. The van der Waals surface area contributed by atoms with E-state index < -0.39 is 0 Å². The van der Waals surface area contributed by atoms with Gasteiger partial charge in [-0.25, -0.2) is 0 Å². The molecule has 1 saturated carbocycles. The number of hydrogen-bond donors (Lipinski definition) is 1. The summed E-state index contributed by atoms with van der Waals surface area (Å²) >= 11 is 5.97. The van der Waals surface area contributed by atoms with Crippen LogP contribution < -0.4 is 5.32 Å². The van der Waals surface area contributed by atoms with Crippen molar-refractivity contribution < 1.29 is 4.79 Å². The van der Waals surface area contributed by atoms with Crippen molar-refractivity contribution in [3.8, 4) is 0 Å². The molecule has 120 valence electrons. The van der Waals surface area contributed by atoms with Crippen molar-refractivity contribution in [2.24, 2.45) is 0 Å². The van der Waals surface area contributed by atoms with Crippen LogP contribution in [0.1, 0.15) is 36.9 Å². The van der Waals surface area contributed by atoms with Crippen molar-refractivity contribution in [2.75, 3.05) is 6.54 Å². The molecule has 4 heteroatoms. The van der Waals surface area contributed by atoms with Crippen LogP contribution in [0.2, 0.25) is 5.02 Å². The fourth-order valence-corrected chi connectivity index (χ4v) is 3.24. The number of rotatable bonds is 6. The number of aryl methyl sites for hydroxylation is 1. The molecule has 1 amide bonds. The van der Waals surface area contributed by atoms with E-state index in [9.17, 15) is 4.79 Å². The van der Waals surface area contributed by atoms with E-state index in [0.29, 0.717) is 19.4 Å². The number of carbonyl (C=O) groups excluding carboxylic acids is 1. The average Bonchev–Trinajstić information content (AvgIpc) is 2.54. The van der Waals surface area contributed by atoms with Crippen LogP contribution in [0.5, 0.6) is 0 Å². The number of pyridine rings is 1. The number of halogens is 1. The summed E-state index contributed by atoms with van der Waals surface area (Å²) in [6, 6.07) is 13.8. The molecule has 1 aromatic heterocycles. The van der Waals surface area contributed by atoms with Gasteiger partial charge in [0.2, 0.25) is 5.91 Å². The van der Waals surface area contributed by atoms with Crippen molar-refractivity contribution in [3.63, 3.8) is 0 Å². The maximum absolute atomic E-state index is 12.1. The van der Waals surface area contributed by atoms with Crippen LogP contribution in [0.15, 0.2) is 48.7 Å². The molecule has 0 unspecified atom stereocenters. The van der Waals surface area contributed by atoms with E-state index in [1.807, 2.05) is 30.3 Å². The van der Waals surface area contributed by atoms with Crippen LogP contribution in [-0.2, 0) is 16.6 Å². The highest BCUT2D eigenvalue weighted by Crippen LogP contribution is 2.43. The number of nitrogens with one attached hydrogen (secondary N) is 1. The molecule has 3 nitrogen and oxygen atoms in total. The predicted molar refractivity (Wildman–Crippen MR) is 92.5 cm³/mol. The molecule has 0 bridgehead atoms. The first-order chi connectivity index (χ1) is 11.2. The molecule has 23 heavy (non-hydrogen) atoms. The number of benzene rings is 1. The number of hydrogen-bond acceptors (Lipinski definition) is 2. The van der Waals surface area contributed by atoms with Gasteiger partial charge in [0.15, 0.2) is 0 Å². The Balaban J connectivity index is 1.53. The van der Waals surface area contributed by atoms with Crippen molar-refractivity contribution >= 4 is 17.5 Å². The Morgan fingerprint density at radius 2 is 1.96 bits per heavy atom. The van der Waals surface area contributed by atoms with Gasteiger partial charge in [0.25, 0.3) is 0 Å². The molecule has 1 aliphatic rings. The van der Waals surface area contributed by atoms with Crippen LogP contribution in [0.3, 0.4) is 0 Å². The summed E-state index contributed by atoms with van der Waals surface area (Å²) in [6.07, 6.45) is 6.38. The van der Waals surface area contributed by atoms with Gasteiger partial charge in [-0.3, -0.25) is 9.78 Å². The van der Waals surface area contributed by atoms with Crippen LogP contribution in [-0.4, -0.2) is 17.4 Å². The third-order valence-electron chi connectivity index (χ3n) is 4.73. The van der Waals surface area contributed by atoms with Crippen molar-refractivity contribution in [1.29, 1.82) is 0 Å². The number of amides is 1. The minimum atomic E-state index is 0.0885. The van der Waals surface area contributed by atoms with Crippen molar-refractivity contribution in [1.82, 2.24) is 10.3 Å². The van der Waals surface area contributed by atoms with E-state index in [4.69, 9.17) is 11.6 Å². The van der Waals surface area contributed by atoms with Gasteiger partial charge in [-0.1, -0.05) is 36.2 Å². The number of carbonyl (C=O) groups is 1. The molecule has 0 spiro atoms. The Morgan fingerprint density at radius 3 is 2.57 bits per heavy atom. The van der Waals surface area contributed by atoms with E-state index in [2.05, 4.69) is 22.4 Å². The molecule has 1 heterocycles. The van der Waals surface area contributed by atoms with E-state index in [1.165, 1.54) is 12.0 Å². The number of nitrogens with zero attached hydrogens (tertiary/aromatic N) is 1. The van der Waals surface area contributed by atoms with Gasteiger partial charge in [-0.05, 0) is 49.1 Å². The van der Waals surface area contributed by atoms with Crippen LogP contribution in [0, 0.1) is 0 Å². The van der Waals surface area contributed by atoms with Crippen LogP contribution >= 0.6 is 11.6 Å². The van der Waals surface area contributed by atoms with Gasteiger partial charge < -0.3 is 5.32 Å². The monoisotopic (exact) mass is 328 g/mol. The Bertz CT molecular complexity index is 651. The second-order valence-electron chi connectivity index (χ2n) is 6.24. The van der Waals surface area contributed by atoms with Gasteiger partial charge in [0, 0.05) is 35.3 Å². The van der Waals surface area contributed by atoms with Gasteiger partial charge in [0.1, 0.15) is 0 Å². The third kappa shape index (κ3) is 3.91. The predicted octanol–water partition coefficient (Wildman–Crippen LogP) is 3.91. The van der Waals surface area contributed by atoms with E-state index >= 15 is 0 Å². The fourth-order valence-electron chi connectivity index (χ4n) is 3.12. The molecule has 2 aromatic rings. The second-order valence-corrected chi connectivity index (χ2v) is 6.68. The van der Waals surface area contributed by atoms with E-state index in [0.717, 1.165) is 23.6 Å². The normalized spacial score (nSPS) is 15.7. The lowest BCUT2D eigenvalue weighted by molar-refractivity contribution is -0.121.